The number of benzene rings is 2. The van der Waals surface area contributed by atoms with Crippen LogP contribution >= 0.6 is 0 Å². The predicted octanol–water partition coefficient (Wildman–Crippen LogP) is 5.09. The number of para-hydroxylation sites is 1. The van der Waals surface area contributed by atoms with Gasteiger partial charge in [0.05, 0.1) is 0 Å². The fraction of sp³-hybridized carbons (Fsp3) is 0.409. The molecule has 0 heterocycles. The Morgan fingerprint density at radius 1 is 1.00 bits per heavy atom. The molecule has 1 aliphatic carbocycles. The van der Waals surface area contributed by atoms with E-state index >= 15 is 0 Å². The van der Waals surface area contributed by atoms with Crippen LogP contribution in [0.3, 0.4) is 0 Å². The molecule has 3 nitrogen and oxygen atoms in total. The number of nitrogens with one attached hydrogen (secondary N) is 1. The summed E-state index contributed by atoms with van der Waals surface area (Å²) >= 11 is 0. The number of carbonyl (C=O) groups excluding carboxylic acids is 1. The Hall–Kier alpha value is -2.29. The monoisotopic (exact) mass is 337 g/mol. The van der Waals surface area contributed by atoms with E-state index in [2.05, 4.69) is 37.4 Å². The first-order chi connectivity index (χ1) is 12.0. The van der Waals surface area contributed by atoms with Crippen LogP contribution < -0.4 is 10.1 Å². The number of ether oxygens (including phenoxy) is 1. The lowest BCUT2D eigenvalue weighted by atomic mass is 9.92. The molecule has 1 aliphatic rings. The number of rotatable bonds is 5. The smallest absolute Gasteiger partial charge is 0.265 e. The third kappa shape index (κ3) is 4.22. The van der Waals surface area contributed by atoms with Crippen LogP contribution in [0.4, 0.5) is 5.69 Å². The van der Waals surface area contributed by atoms with Crippen molar-refractivity contribution >= 4 is 11.6 Å². The van der Waals surface area contributed by atoms with E-state index in [-0.39, 0.29) is 5.91 Å². The zero-order valence-electron chi connectivity index (χ0n) is 15.3. The van der Waals surface area contributed by atoms with E-state index in [1.54, 1.807) is 6.92 Å². The fourth-order valence-corrected chi connectivity index (χ4v) is 3.39. The first-order valence-corrected chi connectivity index (χ1v) is 9.23. The molecule has 3 rings (SSSR count). The average Bonchev–Trinajstić information content (AvgIpc) is 2.61. The Morgan fingerprint density at radius 3 is 2.48 bits per heavy atom. The molecule has 1 atom stereocenters. The molecule has 2 aromatic carbocycles. The summed E-state index contributed by atoms with van der Waals surface area (Å²) in [4.78, 5) is 12.5. The van der Waals surface area contributed by atoms with Crippen molar-refractivity contribution in [3.63, 3.8) is 0 Å². The number of amides is 1. The third-order valence-electron chi connectivity index (χ3n) is 4.84. The maximum atomic E-state index is 12.5. The van der Waals surface area contributed by atoms with Gasteiger partial charge >= 0.3 is 0 Å². The number of carbonyl (C=O) groups is 1. The highest BCUT2D eigenvalue weighted by atomic mass is 16.5. The predicted molar refractivity (Wildman–Crippen MR) is 102 cm³/mol. The van der Waals surface area contributed by atoms with Gasteiger partial charge in [-0.05, 0) is 73.4 Å². The van der Waals surface area contributed by atoms with Crippen molar-refractivity contribution in [1.29, 1.82) is 0 Å². The molecular weight excluding hydrogens is 310 g/mol. The van der Waals surface area contributed by atoms with Crippen LogP contribution in [0.25, 0.3) is 0 Å². The van der Waals surface area contributed by atoms with E-state index < -0.39 is 6.10 Å². The van der Waals surface area contributed by atoms with Gasteiger partial charge in [0.25, 0.3) is 5.91 Å². The maximum absolute atomic E-state index is 12.5. The minimum absolute atomic E-state index is 0.120. The number of hydrogen-bond donors (Lipinski definition) is 1. The largest absolute Gasteiger partial charge is 0.481 e. The van der Waals surface area contributed by atoms with E-state index in [4.69, 9.17) is 4.74 Å². The van der Waals surface area contributed by atoms with E-state index in [0.29, 0.717) is 5.92 Å². The van der Waals surface area contributed by atoms with Gasteiger partial charge in [-0.15, -0.1) is 0 Å². The van der Waals surface area contributed by atoms with E-state index in [0.717, 1.165) is 29.8 Å². The lowest BCUT2D eigenvalue weighted by Crippen LogP contribution is -2.30. The second-order valence-electron chi connectivity index (χ2n) is 7.13. The van der Waals surface area contributed by atoms with E-state index in [1.165, 1.54) is 24.0 Å². The first-order valence-electron chi connectivity index (χ1n) is 9.23. The summed E-state index contributed by atoms with van der Waals surface area (Å²) in [6.45, 7) is 6.04. The molecule has 0 aromatic heterocycles. The highest BCUT2D eigenvalue weighted by molar-refractivity contribution is 5.94. The van der Waals surface area contributed by atoms with Gasteiger partial charge in [0.2, 0.25) is 0 Å². The van der Waals surface area contributed by atoms with E-state index in [1.807, 2.05) is 24.3 Å². The summed E-state index contributed by atoms with van der Waals surface area (Å²) in [5.74, 6) is 1.01. The van der Waals surface area contributed by atoms with Gasteiger partial charge in [-0.3, -0.25) is 4.79 Å². The van der Waals surface area contributed by atoms with Crippen LogP contribution in [0.5, 0.6) is 5.75 Å². The summed E-state index contributed by atoms with van der Waals surface area (Å²) < 4.78 is 5.90. The van der Waals surface area contributed by atoms with E-state index in [9.17, 15) is 4.79 Å². The minimum Gasteiger partial charge on any atom is -0.481 e. The molecule has 132 valence electrons. The lowest BCUT2D eigenvalue weighted by Gasteiger charge is -2.20. The van der Waals surface area contributed by atoms with Crippen LogP contribution in [0, 0.1) is 0 Å². The summed E-state index contributed by atoms with van der Waals surface area (Å²) in [7, 11) is 0. The number of aryl methyl sites for hydroxylation is 2. The van der Waals surface area contributed by atoms with Gasteiger partial charge in [-0.25, -0.2) is 0 Å². The minimum atomic E-state index is -0.540. The lowest BCUT2D eigenvalue weighted by molar-refractivity contribution is -0.122. The highest BCUT2D eigenvalue weighted by Crippen LogP contribution is 2.27. The molecule has 0 aliphatic heterocycles. The van der Waals surface area contributed by atoms with Crippen molar-refractivity contribution in [2.45, 2.75) is 58.5 Å². The average molecular weight is 337 g/mol. The molecule has 3 heteroatoms. The summed E-state index contributed by atoms with van der Waals surface area (Å²) in [6, 6.07) is 14.2. The molecule has 0 saturated carbocycles. The maximum Gasteiger partial charge on any atom is 0.265 e. The zero-order valence-corrected chi connectivity index (χ0v) is 15.3. The van der Waals surface area contributed by atoms with Crippen molar-refractivity contribution in [1.82, 2.24) is 0 Å². The number of anilines is 1. The van der Waals surface area contributed by atoms with Gasteiger partial charge in [0.1, 0.15) is 5.75 Å². The fourth-order valence-electron chi connectivity index (χ4n) is 3.39. The van der Waals surface area contributed by atoms with Gasteiger partial charge < -0.3 is 10.1 Å². The molecule has 0 radical (unpaired) electrons. The zero-order chi connectivity index (χ0) is 17.8. The van der Waals surface area contributed by atoms with Crippen LogP contribution in [0.15, 0.2) is 42.5 Å². The Kier molecular flexibility index (Phi) is 5.42. The quantitative estimate of drug-likeness (QED) is 0.825. The van der Waals surface area contributed by atoms with Crippen molar-refractivity contribution in [3.8, 4) is 5.75 Å². The second-order valence-corrected chi connectivity index (χ2v) is 7.13. The Labute approximate surface area is 150 Å². The summed E-state index contributed by atoms with van der Waals surface area (Å²) in [5.41, 5.74) is 4.78. The molecule has 0 unspecified atom stereocenters. The van der Waals surface area contributed by atoms with Crippen LogP contribution in [-0.2, 0) is 17.6 Å². The van der Waals surface area contributed by atoms with Crippen molar-refractivity contribution < 1.29 is 9.53 Å². The van der Waals surface area contributed by atoms with Gasteiger partial charge in [0.15, 0.2) is 6.10 Å². The number of fused-ring (bicyclic) bond motifs is 1. The first kappa shape index (κ1) is 17.5. The van der Waals surface area contributed by atoms with Gasteiger partial charge in [-0.2, -0.15) is 0 Å². The molecule has 0 spiro atoms. The molecular formula is C22H27NO2. The highest BCUT2D eigenvalue weighted by Gasteiger charge is 2.18. The van der Waals surface area contributed by atoms with Gasteiger partial charge in [-0.1, -0.05) is 38.1 Å². The number of hydrogen-bond acceptors (Lipinski definition) is 2. The Bertz CT molecular complexity index is 751. The molecule has 1 N–H and O–H groups in total. The molecule has 0 saturated heterocycles. The van der Waals surface area contributed by atoms with Crippen molar-refractivity contribution in [2.75, 3.05) is 5.32 Å². The molecule has 2 aromatic rings. The summed E-state index contributed by atoms with van der Waals surface area (Å²) in [6.07, 6.45) is 4.22. The third-order valence-corrected chi connectivity index (χ3v) is 4.84. The van der Waals surface area contributed by atoms with Gasteiger partial charge in [0, 0.05) is 5.69 Å². The summed E-state index contributed by atoms with van der Waals surface area (Å²) in [5, 5.41) is 3.01. The van der Waals surface area contributed by atoms with Crippen molar-refractivity contribution in [3.05, 3.63) is 59.2 Å². The second kappa shape index (κ2) is 7.73. The van der Waals surface area contributed by atoms with Crippen LogP contribution in [0.1, 0.15) is 56.2 Å². The Morgan fingerprint density at radius 2 is 1.72 bits per heavy atom. The molecule has 25 heavy (non-hydrogen) atoms. The Balaban J connectivity index is 1.67. The topological polar surface area (TPSA) is 38.3 Å². The molecule has 0 bridgehead atoms. The van der Waals surface area contributed by atoms with Crippen LogP contribution in [-0.4, -0.2) is 12.0 Å². The normalized spacial score (nSPS) is 14.7. The molecule has 1 amide bonds. The SMILES string of the molecule is CC(C)c1ccccc1NC(=O)[C@@H](C)Oc1ccc2c(c1)CCCC2. The van der Waals surface area contributed by atoms with Crippen LogP contribution in [0.2, 0.25) is 0 Å². The van der Waals surface area contributed by atoms with Crippen molar-refractivity contribution in [2.24, 2.45) is 0 Å². The molecule has 0 fully saturated rings. The standard InChI is InChI=1S/C22H27NO2/c1-15(2)20-10-6-7-11-21(20)23-22(24)16(3)25-19-13-12-17-8-4-5-9-18(17)14-19/h6-7,10-16H,4-5,8-9H2,1-3H3,(H,23,24)/t16-/m1/s1.